The molecule has 3 aromatic rings. The van der Waals surface area contributed by atoms with E-state index in [-0.39, 0.29) is 17.9 Å². The smallest absolute Gasteiger partial charge is 0.278 e. The molecule has 1 fully saturated rings. The third kappa shape index (κ3) is 3.50. The number of aromatic amines is 1. The molecule has 1 unspecified atom stereocenters. The lowest BCUT2D eigenvalue weighted by Gasteiger charge is -2.35. The number of benzene rings is 1. The van der Waals surface area contributed by atoms with Crippen LogP contribution >= 0.6 is 0 Å². The number of para-hydroxylation sites is 1. The molecule has 31 heavy (non-hydrogen) atoms. The van der Waals surface area contributed by atoms with Crippen LogP contribution in [0.1, 0.15) is 63.1 Å². The summed E-state index contributed by atoms with van der Waals surface area (Å²) in [6.07, 6.45) is 5.39. The van der Waals surface area contributed by atoms with Crippen LogP contribution in [0.3, 0.4) is 0 Å². The highest BCUT2D eigenvalue weighted by Crippen LogP contribution is 2.33. The van der Waals surface area contributed by atoms with Gasteiger partial charge in [-0.15, -0.1) is 0 Å². The van der Waals surface area contributed by atoms with Crippen molar-refractivity contribution in [2.24, 2.45) is 0 Å². The molecule has 0 radical (unpaired) electrons. The van der Waals surface area contributed by atoms with E-state index in [9.17, 15) is 9.59 Å². The highest BCUT2D eigenvalue weighted by molar-refractivity contribution is 6.06. The minimum Gasteiger partial charge on any atom is -0.330 e. The number of hydrogen-bond donors (Lipinski definition) is 1. The number of piperidine rings is 1. The maximum Gasteiger partial charge on any atom is 0.278 e. The van der Waals surface area contributed by atoms with Crippen molar-refractivity contribution in [2.45, 2.75) is 38.6 Å². The fourth-order valence-electron chi connectivity index (χ4n) is 4.67. The number of aryl methyl sites for hydroxylation is 1. The van der Waals surface area contributed by atoms with Crippen LogP contribution in [-0.4, -0.2) is 45.0 Å². The monoisotopic (exact) mass is 415 g/mol. The number of fused-ring (bicyclic) bond motifs is 1. The zero-order chi connectivity index (χ0) is 21.4. The van der Waals surface area contributed by atoms with Gasteiger partial charge in [0.05, 0.1) is 17.3 Å². The number of amides is 2. The molecule has 0 spiro atoms. The first kappa shape index (κ1) is 19.5. The molecule has 2 aliphatic heterocycles. The summed E-state index contributed by atoms with van der Waals surface area (Å²) in [5.41, 5.74) is 4.69. The second kappa shape index (κ2) is 7.98. The summed E-state index contributed by atoms with van der Waals surface area (Å²) in [4.78, 5) is 34.4. The first-order chi connectivity index (χ1) is 15.1. The normalized spacial score (nSPS) is 18.2. The Bertz CT molecular complexity index is 1140. The summed E-state index contributed by atoms with van der Waals surface area (Å²) in [5, 5.41) is 7.37. The maximum atomic E-state index is 13.3. The van der Waals surface area contributed by atoms with Gasteiger partial charge in [0.25, 0.3) is 11.8 Å². The number of H-pyrrole nitrogens is 1. The van der Waals surface area contributed by atoms with Crippen molar-refractivity contribution in [3.63, 3.8) is 0 Å². The number of pyridine rings is 1. The van der Waals surface area contributed by atoms with E-state index >= 15 is 0 Å². The summed E-state index contributed by atoms with van der Waals surface area (Å²) in [5.74, 6) is -0.129. The van der Waals surface area contributed by atoms with E-state index in [0.29, 0.717) is 24.3 Å². The Morgan fingerprint density at radius 1 is 1.06 bits per heavy atom. The number of likely N-dealkylation sites (tertiary alicyclic amines) is 1. The molecule has 0 bridgehead atoms. The average Bonchev–Trinajstić information content (AvgIpc) is 3.46. The largest absolute Gasteiger partial charge is 0.330 e. The zero-order valence-electron chi connectivity index (χ0n) is 17.5. The van der Waals surface area contributed by atoms with Gasteiger partial charge in [-0.1, -0.05) is 18.2 Å². The lowest BCUT2D eigenvalue weighted by Crippen LogP contribution is -2.39. The van der Waals surface area contributed by atoms with Gasteiger partial charge in [-0.25, -0.2) is 0 Å². The number of nitrogens with zero attached hydrogens (tertiary/aromatic N) is 4. The number of nitrogens with one attached hydrogen (secondary N) is 1. The Hall–Kier alpha value is -3.48. The molecule has 1 atom stereocenters. The highest BCUT2D eigenvalue weighted by Gasteiger charge is 2.32. The molecular formula is C24H25N5O2. The molecule has 4 heterocycles. The topological polar surface area (TPSA) is 82.2 Å². The fraction of sp³-hybridized carbons (Fsp3) is 0.333. The molecule has 1 aromatic carbocycles. The molecule has 2 aliphatic rings. The molecule has 0 aliphatic carbocycles. The van der Waals surface area contributed by atoms with E-state index in [2.05, 4.69) is 21.2 Å². The van der Waals surface area contributed by atoms with E-state index < -0.39 is 0 Å². The first-order valence-corrected chi connectivity index (χ1v) is 10.8. The van der Waals surface area contributed by atoms with E-state index in [1.165, 1.54) is 5.56 Å². The molecule has 5 rings (SSSR count). The second-order valence-corrected chi connectivity index (χ2v) is 8.19. The van der Waals surface area contributed by atoms with E-state index in [1.54, 1.807) is 17.2 Å². The van der Waals surface area contributed by atoms with Crippen molar-refractivity contribution in [2.75, 3.05) is 18.0 Å². The van der Waals surface area contributed by atoms with Crippen molar-refractivity contribution in [3.05, 3.63) is 76.9 Å². The molecule has 2 amide bonds. The van der Waals surface area contributed by atoms with Crippen molar-refractivity contribution in [3.8, 4) is 0 Å². The lowest BCUT2D eigenvalue weighted by atomic mass is 9.97. The Balaban J connectivity index is 1.40. The third-order valence-corrected chi connectivity index (χ3v) is 6.31. The van der Waals surface area contributed by atoms with E-state index in [4.69, 9.17) is 0 Å². The summed E-state index contributed by atoms with van der Waals surface area (Å²) in [7, 11) is 0. The highest BCUT2D eigenvalue weighted by atomic mass is 16.2. The van der Waals surface area contributed by atoms with Crippen LogP contribution in [0, 0.1) is 6.92 Å². The molecule has 7 nitrogen and oxygen atoms in total. The van der Waals surface area contributed by atoms with Gasteiger partial charge in [0.2, 0.25) is 0 Å². The van der Waals surface area contributed by atoms with Crippen molar-refractivity contribution >= 4 is 17.5 Å². The minimum absolute atomic E-state index is 0.0220. The number of carbonyl (C=O) groups is 2. The third-order valence-electron chi connectivity index (χ3n) is 6.31. The average molecular weight is 415 g/mol. The lowest BCUT2D eigenvalue weighted by molar-refractivity contribution is 0.0604. The van der Waals surface area contributed by atoms with Crippen LogP contribution in [0.15, 0.2) is 48.7 Å². The Kier molecular flexibility index (Phi) is 5.02. The molecule has 158 valence electrons. The Morgan fingerprint density at radius 2 is 1.94 bits per heavy atom. The maximum absolute atomic E-state index is 13.3. The second-order valence-electron chi connectivity index (χ2n) is 8.19. The van der Waals surface area contributed by atoms with Crippen LogP contribution in [0.2, 0.25) is 0 Å². The van der Waals surface area contributed by atoms with Crippen LogP contribution in [0.25, 0.3) is 0 Å². The predicted molar refractivity (Wildman–Crippen MR) is 117 cm³/mol. The van der Waals surface area contributed by atoms with Crippen LogP contribution in [0.5, 0.6) is 0 Å². The summed E-state index contributed by atoms with van der Waals surface area (Å²) in [6.45, 7) is 3.20. The van der Waals surface area contributed by atoms with Crippen LogP contribution < -0.4 is 4.90 Å². The molecule has 2 aromatic heterocycles. The van der Waals surface area contributed by atoms with Gasteiger partial charge >= 0.3 is 0 Å². The SMILES string of the molecule is Cc1ncccc1C(=O)N1CCCCC1c1cc(C(=O)N2CCc3ccccc32)n[nH]1. The molecular weight excluding hydrogens is 390 g/mol. The molecule has 1 saturated heterocycles. The van der Waals surface area contributed by atoms with E-state index in [1.807, 2.05) is 42.2 Å². The van der Waals surface area contributed by atoms with Gasteiger partial charge < -0.3 is 9.80 Å². The first-order valence-electron chi connectivity index (χ1n) is 10.8. The fourth-order valence-corrected chi connectivity index (χ4v) is 4.67. The van der Waals surface area contributed by atoms with Gasteiger partial charge in [0, 0.05) is 30.7 Å². The Morgan fingerprint density at radius 3 is 2.81 bits per heavy atom. The van der Waals surface area contributed by atoms with Crippen LogP contribution in [-0.2, 0) is 6.42 Å². The summed E-state index contributed by atoms with van der Waals surface area (Å²) >= 11 is 0. The van der Waals surface area contributed by atoms with Crippen molar-refractivity contribution in [1.82, 2.24) is 20.1 Å². The van der Waals surface area contributed by atoms with Crippen molar-refractivity contribution < 1.29 is 9.59 Å². The van der Waals surface area contributed by atoms with Gasteiger partial charge in [-0.05, 0) is 62.4 Å². The number of carbonyl (C=O) groups excluding carboxylic acids is 2. The number of anilines is 1. The number of hydrogen-bond acceptors (Lipinski definition) is 4. The van der Waals surface area contributed by atoms with E-state index in [0.717, 1.165) is 42.8 Å². The number of aromatic nitrogens is 3. The predicted octanol–water partition coefficient (Wildman–Crippen LogP) is 3.68. The Labute approximate surface area is 181 Å². The standard InChI is InChI=1S/C24H25N5O2/c1-16-18(8-6-12-25-16)23(30)28-13-5-4-10-22(28)19-15-20(27-26-19)24(31)29-14-11-17-7-2-3-9-21(17)29/h2-3,6-9,12,15,22H,4-5,10-11,13-14H2,1H3,(H,26,27). The summed E-state index contributed by atoms with van der Waals surface area (Å²) < 4.78 is 0. The molecule has 1 N–H and O–H groups in total. The van der Waals surface area contributed by atoms with Gasteiger partial charge in [0.15, 0.2) is 5.69 Å². The molecule has 7 heteroatoms. The molecule has 0 saturated carbocycles. The minimum atomic E-state index is -0.124. The summed E-state index contributed by atoms with van der Waals surface area (Å²) in [6, 6.07) is 13.3. The number of rotatable bonds is 3. The van der Waals surface area contributed by atoms with Crippen LogP contribution in [0.4, 0.5) is 5.69 Å². The van der Waals surface area contributed by atoms with Gasteiger partial charge in [-0.2, -0.15) is 5.10 Å². The van der Waals surface area contributed by atoms with Crippen molar-refractivity contribution in [1.29, 1.82) is 0 Å². The zero-order valence-corrected chi connectivity index (χ0v) is 17.5. The van der Waals surface area contributed by atoms with Gasteiger partial charge in [-0.3, -0.25) is 19.7 Å². The van der Waals surface area contributed by atoms with Gasteiger partial charge in [0.1, 0.15) is 0 Å². The quantitative estimate of drug-likeness (QED) is 0.707.